The van der Waals surface area contributed by atoms with Crippen LogP contribution in [0.15, 0.2) is 105 Å². The molecule has 0 radical (unpaired) electrons. The van der Waals surface area contributed by atoms with E-state index in [2.05, 4.69) is 48.6 Å². The molecular formula is C47H48Cl2F2N10O6S2. The van der Waals surface area contributed by atoms with Gasteiger partial charge in [0.2, 0.25) is 35.5 Å². The van der Waals surface area contributed by atoms with E-state index in [1.54, 1.807) is 60.9 Å². The standard InChI is InChI=1S/C24H25ClFN5O3S.C23H23ClFN5O3S/c1-30-7-9-31(10-8-30)24-28-13-21(35-16-4-5-17(22(27)32)18(25)12-16)23(29-24)34-14-15-3-6-19(26)20(11-15)33-2;1-29-6-8-30(9-7-29)23-27-12-20(34-15-3-4-16(21(26)32)17(24)11-15)22(28-23)33-13-14-2-5-18(25)19(31)10-14/h3-6,11-13H,7-10,14H2,1-2H3,(H2,27,32);2-5,10-12,31H,6-9,13H2,1H3,(H2,26,32). The molecule has 0 atom stereocenters. The van der Waals surface area contributed by atoms with Crippen molar-refractivity contribution in [1.82, 2.24) is 29.7 Å². The molecule has 2 saturated heterocycles. The number of hydrogen-bond donors (Lipinski definition) is 3. The van der Waals surface area contributed by atoms with E-state index in [4.69, 9.17) is 53.9 Å². The Hall–Kier alpha value is -6.16. The quantitative estimate of drug-likeness (QED) is 0.0918. The minimum Gasteiger partial charge on any atom is -0.505 e. The van der Waals surface area contributed by atoms with Crippen LogP contribution < -0.4 is 35.5 Å². The molecule has 2 aliphatic rings. The lowest BCUT2D eigenvalue weighted by Gasteiger charge is -2.32. The minimum absolute atomic E-state index is 0.0714. The number of piperazine rings is 2. The number of ether oxygens (including phenoxy) is 3. The number of nitrogens with zero attached hydrogens (tertiary/aromatic N) is 8. The van der Waals surface area contributed by atoms with E-state index >= 15 is 0 Å². The Morgan fingerprint density at radius 3 is 1.49 bits per heavy atom. The molecule has 2 fully saturated rings. The van der Waals surface area contributed by atoms with Gasteiger partial charge in [0.25, 0.3) is 0 Å². The fourth-order valence-electron chi connectivity index (χ4n) is 6.87. The van der Waals surface area contributed by atoms with Gasteiger partial charge in [0.1, 0.15) is 13.2 Å². The van der Waals surface area contributed by atoms with Crippen LogP contribution in [-0.2, 0) is 13.2 Å². The third-order valence-electron chi connectivity index (χ3n) is 10.8. The van der Waals surface area contributed by atoms with Crippen LogP contribution in [-0.4, -0.2) is 120 Å². The number of carbonyl (C=O) groups is 2. The lowest BCUT2D eigenvalue weighted by molar-refractivity contribution is 0.0992. The topological polar surface area (TPSA) is 199 Å². The first-order chi connectivity index (χ1) is 33.1. The second-order valence-corrected chi connectivity index (χ2v) is 18.9. The van der Waals surface area contributed by atoms with Gasteiger partial charge in [0.15, 0.2) is 23.1 Å². The molecule has 0 unspecified atom stereocenters. The molecule has 8 rings (SSSR count). The van der Waals surface area contributed by atoms with Crippen LogP contribution in [0.25, 0.3) is 0 Å². The highest BCUT2D eigenvalue weighted by Gasteiger charge is 2.22. The molecule has 362 valence electrons. The summed E-state index contributed by atoms with van der Waals surface area (Å²) in [4.78, 5) is 52.9. The molecule has 0 aliphatic carbocycles. The molecule has 4 aromatic carbocycles. The molecule has 69 heavy (non-hydrogen) atoms. The number of likely N-dealkylation sites (N-methyl/N-ethyl adjacent to an activating group) is 2. The summed E-state index contributed by atoms with van der Waals surface area (Å²) in [6.45, 7) is 7.05. The monoisotopic (exact) mass is 1020 g/mol. The molecule has 0 bridgehead atoms. The van der Waals surface area contributed by atoms with E-state index in [0.29, 0.717) is 39.0 Å². The normalized spacial score (nSPS) is 14.2. The molecule has 6 aromatic rings. The van der Waals surface area contributed by atoms with E-state index in [1.807, 2.05) is 0 Å². The maximum atomic E-state index is 13.8. The first-order valence-corrected chi connectivity index (χ1v) is 23.7. The van der Waals surface area contributed by atoms with E-state index in [1.165, 1.54) is 54.9 Å². The first-order valence-electron chi connectivity index (χ1n) is 21.3. The Bertz CT molecular complexity index is 2810. The summed E-state index contributed by atoms with van der Waals surface area (Å²) in [6, 6.07) is 18.5. The van der Waals surface area contributed by atoms with E-state index in [0.717, 1.165) is 67.7 Å². The second kappa shape index (κ2) is 23.4. The zero-order chi connectivity index (χ0) is 49.2. The Morgan fingerprint density at radius 2 is 1.09 bits per heavy atom. The van der Waals surface area contributed by atoms with Gasteiger partial charge < -0.3 is 50.4 Å². The maximum Gasteiger partial charge on any atom is 0.250 e. The third-order valence-corrected chi connectivity index (χ3v) is 13.4. The number of aromatic hydroxyl groups is 1. The third kappa shape index (κ3) is 13.5. The van der Waals surface area contributed by atoms with Crippen LogP contribution in [0.4, 0.5) is 20.7 Å². The fourth-order valence-corrected chi connectivity index (χ4v) is 9.28. The van der Waals surface area contributed by atoms with Gasteiger partial charge in [-0.25, -0.2) is 18.7 Å². The van der Waals surface area contributed by atoms with Gasteiger partial charge in [-0.15, -0.1) is 0 Å². The van der Waals surface area contributed by atoms with Crippen LogP contribution in [0.3, 0.4) is 0 Å². The molecule has 2 aliphatic heterocycles. The highest BCUT2D eigenvalue weighted by atomic mass is 35.5. The van der Waals surface area contributed by atoms with Gasteiger partial charge in [-0.1, -0.05) is 58.9 Å². The number of halogens is 4. The number of anilines is 2. The van der Waals surface area contributed by atoms with Crippen LogP contribution >= 0.6 is 46.7 Å². The number of phenols is 1. The summed E-state index contributed by atoms with van der Waals surface area (Å²) in [5.41, 5.74) is 12.5. The molecule has 4 heterocycles. The number of carbonyl (C=O) groups excluding carboxylic acids is 2. The largest absolute Gasteiger partial charge is 0.505 e. The van der Waals surface area contributed by atoms with Gasteiger partial charge in [0, 0.05) is 62.1 Å². The van der Waals surface area contributed by atoms with Crippen molar-refractivity contribution in [3.8, 4) is 23.3 Å². The fraction of sp³-hybridized carbons (Fsp3) is 0.277. The van der Waals surface area contributed by atoms with Crippen LogP contribution in [0.1, 0.15) is 31.8 Å². The number of rotatable bonds is 15. The predicted molar refractivity (Wildman–Crippen MR) is 261 cm³/mol. The molecule has 16 nitrogen and oxygen atoms in total. The summed E-state index contributed by atoms with van der Waals surface area (Å²) in [5.74, 6) is -0.777. The maximum absolute atomic E-state index is 13.8. The molecule has 0 saturated carbocycles. The van der Waals surface area contributed by atoms with Crippen molar-refractivity contribution in [2.45, 2.75) is 32.8 Å². The van der Waals surface area contributed by atoms with E-state index in [-0.39, 0.29) is 40.1 Å². The Morgan fingerprint density at radius 1 is 0.652 bits per heavy atom. The van der Waals surface area contributed by atoms with Gasteiger partial charge in [0.05, 0.1) is 50.5 Å². The van der Waals surface area contributed by atoms with Crippen LogP contribution in [0.5, 0.6) is 23.3 Å². The first kappa shape index (κ1) is 50.7. The lowest BCUT2D eigenvalue weighted by Crippen LogP contribution is -2.45. The summed E-state index contributed by atoms with van der Waals surface area (Å²) in [6.07, 6.45) is 3.39. The lowest BCUT2D eigenvalue weighted by atomic mass is 10.2. The molecule has 2 amide bonds. The predicted octanol–water partition coefficient (Wildman–Crippen LogP) is 7.41. The summed E-state index contributed by atoms with van der Waals surface area (Å²) in [5, 5.41) is 10.2. The number of primary amides is 2. The molecular weight excluding hydrogens is 974 g/mol. The summed E-state index contributed by atoms with van der Waals surface area (Å²) >= 11 is 15.1. The van der Waals surface area contributed by atoms with Crippen molar-refractivity contribution < 1.29 is 37.7 Å². The van der Waals surface area contributed by atoms with Crippen molar-refractivity contribution in [3.05, 3.63) is 129 Å². The molecule has 0 spiro atoms. The zero-order valence-corrected chi connectivity index (χ0v) is 40.8. The average molecular weight is 1020 g/mol. The van der Waals surface area contributed by atoms with Gasteiger partial charge in [-0.05, 0) is 85.9 Å². The second-order valence-electron chi connectivity index (χ2n) is 15.8. The van der Waals surface area contributed by atoms with Crippen molar-refractivity contribution in [2.24, 2.45) is 11.5 Å². The summed E-state index contributed by atoms with van der Waals surface area (Å²) in [7, 11) is 5.57. The number of phenolic OH excluding ortho intramolecular Hbond substituents is 1. The van der Waals surface area contributed by atoms with E-state index in [9.17, 15) is 23.5 Å². The van der Waals surface area contributed by atoms with Crippen molar-refractivity contribution in [1.29, 1.82) is 0 Å². The van der Waals surface area contributed by atoms with Gasteiger partial charge in [-0.2, -0.15) is 9.97 Å². The molecule has 5 N–H and O–H groups in total. The smallest absolute Gasteiger partial charge is 0.250 e. The Labute approximate surface area is 415 Å². The molecule has 2 aromatic heterocycles. The Kier molecular flexibility index (Phi) is 17.2. The van der Waals surface area contributed by atoms with E-state index < -0.39 is 29.2 Å². The average Bonchev–Trinajstić information content (AvgIpc) is 3.33. The summed E-state index contributed by atoms with van der Waals surface area (Å²) < 4.78 is 44.3. The minimum atomic E-state index is -0.698. The number of hydrogen-bond acceptors (Lipinski definition) is 16. The van der Waals surface area contributed by atoms with Gasteiger partial charge >= 0.3 is 0 Å². The highest BCUT2D eigenvalue weighted by molar-refractivity contribution is 7.99. The number of aromatic nitrogens is 4. The van der Waals surface area contributed by atoms with Crippen molar-refractivity contribution >= 4 is 70.4 Å². The van der Waals surface area contributed by atoms with Crippen molar-refractivity contribution in [2.75, 3.05) is 83.4 Å². The van der Waals surface area contributed by atoms with Crippen LogP contribution in [0, 0.1) is 11.6 Å². The SMILES string of the molecule is CN1CCN(c2ncc(Sc3ccc(C(N)=O)c(Cl)c3)c(OCc3ccc(F)c(O)c3)n2)CC1.COc1cc(COc2nc(N3CCN(C)CC3)ncc2Sc2ccc(C(N)=O)c(Cl)c2)ccc1F. The highest BCUT2D eigenvalue weighted by Crippen LogP contribution is 2.38. The molecule has 22 heteroatoms. The Balaban J connectivity index is 0.000000204. The number of benzene rings is 4. The number of methoxy groups -OCH3 is 1. The zero-order valence-electron chi connectivity index (χ0n) is 37.7. The number of nitrogens with two attached hydrogens (primary N) is 2. The van der Waals surface area contributed by atoms with Crippen LogP contribution in [0.2, 0.25) is 10.0 Å². The van der Waals surface area contributed by atoms with Gasteiger partial charge in [-0.3, -0.25) is 9.59 Å². The van der Waals surface area contributed by atoms with Crippen molar-refractivity contribution in [3.63, 3.8) is 0 Å². The number of amides is 2.